The van der Waals surface area contributed by atoms with E-state index >= 15 is 0 Å². The van der Waals surface area contributed by atoms with Crippen LogP contribution in [0.25, 0.3) is 0 Å². The number of benzene rings is 1. The van der Waals surface area contributed by atoms with Crippen LogP contribution in [0.15, 0.2) is 22.7 Å². The lowest BCUT2D eigenvalue weighted by atomic mass is 9.98. The molecule has 0 fully saturated rings. The molecule has 1 atom stereocenters. The predicted octanol–water partition coefficient (Wildman–Crippen LogP) is 3.11. The lowest BCUT2D eigenvalue weighted by molar-refractivity contribution is -0.137. The number of hydrogen-bond acceptors (Lipinski definition) is 2. The van der Waals surface area contributed by atoms with E-state index in [2.05, 4.69) is 15.9 Å². The van der Waals surface area contributed by atoms with Crippen LogP contribution in [0.4, 0.5) is 0 Å². The molecule has 16 heavy (non-hydrogen) atoms. The molecule has 0 aliphatic rings. The molecule has 3 nitrogen and oxygen atoms in total. The van der Waals surface area contributed by atoms with Gasteiger partial charge in [-0.25, -0.2) is 0 Å². The fraction of sp³-hybridized carbons (Fsp3) is 0.417. The number of methoxy groups -OCH3 is 1. The Bertz CT molecular complexity index is 377. The molecule has 0 amide bonds. The van der Waals surface area contributed by atoms with Crippen LogP contribution in [0.3, 0.4) is 0 Å². The molecule has 0 aromatic heterocycles. The lowest BCUT2D eigenvalue weighted by Crippen LogP contribution is -2.07. The van der Waals surface area contributed by atoms with Crippen molar-refractivity contribution in [2.75, 3.05) is 7.11 Å². The summed E-state index contributed by atoms with van der Waals surface area (Å²) in [5.41, 5.74) is 1.08. The number of carbonyl (C=O) groups is 1. The minimum Gasteiger partial charge on any atom is -0.497 e. The van der Waals surface area contributed by atoms with Crippen LogP contribution in [0.2, 0.25) is 0 Å². The zero-order valence-electron chi connectivity index (χ0n) is 9.37. The first-order chi connectivity index (χ1) is 7.52. The van der Waals surface area contributed by atoms with Gasteiger partial charge < -0.3 is 9.84 Å². The molecule has 1 aromatic rings. The predicted molar refractivity (Wildman–Crippen MR) is 65.8 cm³/mol. The molecule has 0 heterocycles. The van der Waals surface area contributed by atoms with E-state index in [1.54, 1.807) is 7.11 Å². The van der Waals surface area contributed by atoms with Gasteiger partial charge in [-0.3, -0.25) is 4.79 Å². The van der Waals surface area contributed by atoms with Crippen LogP contribution in [0.1, 0.15) is 18.9 Å². The molecule has 0 saturated heterocycles. The van der Waals surface area contributed by atoms with E-state index in [0.29, 0.717) is 0 Å². The van der Waals surface area contributed by atoms with E-state index in [-0.39, 0.29) is 12.3 Å². The molecule has 1 unspecified atom stereocenters. The van der Waals surface area contributed by atoms with Gasteiger partial charge in [-0.15, -0.1) is 0 Å². The second-order valence-electron chi connectivity index (χ2n) is 3.86. The second kappa shape index (κ2) is 5.89. The molecule has 0 radical (unpaired) electrons. The summed E-state index contributed by atoms with van der Waals surface area (Å²) in [4.78, 5) is 10.6. The molecule has 0 aliphatic heterocycles. The van der Waals surface area contributed by atoms with Crippen molar-refractivity contribution in [2.24, 2.45) is 5.92 Å². The van der Waals surface area contributed by atoms with Gasteiger partial charge in [0.2, 0.25) is 0 Å². The fourth-order valence-corrected chi connectivity index (χ4v) is 1.99. The Hall–Kier alpha value is -1.03. The van der Waals surface area contributed by atoms with Crippen LogP contribution < -0.4 is 4.74 Å². The first-order valence-electron chi connectivity index (χ1n) is 5.07. The Morgan fingerprint density at radius 1 is 1.56 bits per heavy atom. The molecule has 1 aromatic carbocycles. The Morgan fingerprint density at radius 3 is 2.81 bits per heavy atom. The molecule has 0 saturated carbocycles. The van der Waals surface area contributed by atoms with Crippen molar-refractivity contribution in [3.05, 3.63) is 28.2 Å². The summed E-state index contributed by atoms with van der Waals surface area (Å²) in [6, 6.07) is 5.72. The number of carboxylic acids is 1. The van der Waals surface area contributed by atoms with Crippen LogP contribution in [-0.2, 0) is 11.2 Å². The summed E-state index contributed by atoms with van der Waals surface area (Å²) in [5.74, 6) is 0.146. The summed E-state index contributed by atoms with van der Waals surface area (Å²) < 4.78 is 6.13. The van der Waals surface area contributed by atoms with E-state index in [9.17, 15) is 4.79 Å². The summed E-state index contributed by atoms with van der Waals surface area (Å²) in [5, 5.41) is 8.70. The van der Waals surface area contributed by atoms with Gasteiger partial charge in [-0.1, -0.05) is 22.9 Å². The Morgan fingerprint density at radius 2 is 2.25 bits per heavy atom. The average molecular weight is 287 g/mol. The zero-order valence-corrected chi connectivity index (χ0v) is 11.0. The standard InChI is InChI=1S/C12H15BrO3/c1-8(6-12(14)15)5-9-7-10(16-2)3-4-11(9)13/h3-4,7-8H,5-6H2,1-2H3,(H,14,15). The Kier molecular flexibility index (Phi) is 4.80. The van der Waals surface area contributed by atoms with Gasteiger partial charge in [0.1, 0.15) is 5.75 Å². The van der Waals surface area contributed by atoms with Crippen LogP contribution in [0.5, 0.6) is 5.75 Å². The van der Waals surface area contributed by atoms with Crippen LogP contribution in [0, 0.1) is 5.92 Å². The van der Waals surface area contributed by atoms with Gasteiger partial charge in [0.25, 0.3) is 0 Å². The maximum atomic E-state index is 10.6. The van der Waals surface area contributed by atoms with Gasteiger partial charge in [-0.2, -0.15) is 0 Å². The third-order valence-corrected chi connectivity index (χ3v) is 3.12. The third-order valence-electron chi connectivity index (χ3n) is 2.34. The van der Waals surface area contributed by atoms with Crippen molar-refractivity contribution in [3.8, 4) is 5.75 Å². The molecule has 1 N–H and O–H groups in total. The number of ether oxygens (including phenoxy) is 1. The highest BCUT2D eigenvalue weighted by molar-refractivity contribution is 9.10. The number of rotatable bonds is 5. The molecule has 1 rings (SSSR count). The van der Waals surface area contributed by atoms with Gasteiger partial charge in [-0.05, 0) is 36.1 Å². The first kappa shape index (κ1) is 13.0. The van der Waals surface area contributed by atoms with E-state index in [0.717, 1.165) is 22.2 Å². The molecular formula is C12H15BrO3. The van der Waals surface area contributed by atoms with Crippen molar-refractivity contribution < 1.29 is 14.6 Å². The minimum absolute atomic E-state index is 0.112. The minimum atomic E-state index is -0.758. The highest BCUT2D eigenvalue weighted by Crippen LogP contribution is 2.25. The van der Waals surface area contributed by atoms with E-state index in [1.165, 1.54) is 0 Å². The van der Waals surface area contributed by atoms with Gasteiger partial charge >= 0.3 is 5.97 Å². The number of hydrogen-bond donors (Lipinski definition) is 1. The monoisotopic (exact) mass is 286 g/mol. The Labute approximate surface area is 104 Å². The smallest absolute Gasteiger partial charge is 0.303 e. The van der Waals surface area contributed by atoms with E-state index in [1.807, 2.05) is 25.1 Å². The number of halogens is 1. The Balaban J connectivity index is 2.75. The molecule has 0 bridgehead atoms. The van der Waals surface area contributed by atoms with E-state index in [4.69, 9.17) is 9.84 Å². The van der Waals surface area contributed by atoms with Crippen molar-refractivity contribution in [1.29, 1.82) is 0 Å². The van der Waals surface area contributed by atoms with Crippen LogP contribution >= 0.6 is 15.9 Å². The molecule has 4 heteroatoms. The normalized spacial score (nSPS) is 12.2. The fourth-order valence-electron chi connectivity index (χ4n) is 1.58. The zero-order chi connectivity index (χ0) is 12.1. The van der Waals surface area contributed by atoms with Crippen molar-refractivity contribution >= 4 is 21.9 Å². The van der Waals surface area contributed by atoms with Gasteiger partial charge in [0.15, 0.2) is 0 Å². The maximum Gasteiger partial charge on any atom is 0.303 e. The topological polar surface area (TPSA) is 46.5 Å². The lowest BCUT2D eigenvalue weighted by Gasteiger charge is -2.11. The summed E-state index contributed by atoms with van der Waals surface area (Å²) >= 11 is 3.45. The van der Waals surface area contributed by atoms with Crippen LogP contribution in [-0.4, -0.2) is 18.2 Å². The third kappa shape index (κ3) is 3.85. The van der Waals surface area contributed by atoms with Gasteiger partial charge in [0, 0.05) is 10.9 Å². The number of carboxylic acid groups (broad SMARTS) is 1. The van der Waals surface area contributed by atoms with E-state index < -0.39 is 5.97 Å². The number of aliphatic carboxylic acids is 1. The van der Waals surface area contributed by atoms with Gasteiger partial charge in [0.05, 0.1) is 7.11 Å². The molecule has 88 valence electrons. The largest absolute Gasteiger partial charge is 0.497 e. The summed E-state index contributed by atoms with van der Waals surface area (Å²) in [6.45, 7) is 1.93. The molecule has 0 aliphatic carbocycles. The molecular weight excluding hydrogens is 272 g/mol. The highest BCUT2D eigenvalue weighted by Gasteiger charge is 2.11. The summed E-state index contributed by atoms with van der Waals surface area (Å²) in [7, 11) is 1.62. The second-order valence-corrected chi connectivity index (χ2v) is 4.72. The average Bonchev–Trinajstić information content (AvgIpc) is 2.20. The SMILES string of the molecule is COc1ccc(Br)c(CC(C)CC(=O)O)c1. The van der Waals surface area contributed by atoms with Crippen molar-refractivity contribution in [2.45, 2.75) is 19.8 Å². The molecule has 0 spiro atoms. The quantitative estimate of drug-likeness (QED) is 0.905. The van der Waals surface area contributed by atoms with Crippen molar-refractivity contribution in [3.63, 3.8) is 0 Å². The maximum absolute atomic E-state index is 10.6. The highest BCUT2D eigenvalue weighted by atomic mass is 79.9. The van der Waals surface area contributed by atoms with Crippen molar-refractivity contribution in [1.82, 2.24) is 0 Å². The summed E-state index contributed by atoms with van der Waals surface area (Å²) in [6.07, 6.45) is 0.910. The first-order valence-corrected chi connectivity index (χ1v) is 5.86.